The molecule has 138 valence electrons. The zero-order valence-corrected chi connectivity index (χ0v) is 15.6. The minimum Gasteiger partial charge on any atom is -0.438 e. The van der Waals surface area contributed by atoms with Crippen molar-refractivity contribution in [1.82, 2.24) is 9.97 Å². The van der Waals surface area contributed by atoms with E-state index in [1.165, 1.54) is 11.3 Å². The summed E-state index contributed by atoms with van der Waals surface area (Å²) >= 11 is 1.30. The summed E-state index contributed by atoms with van der Waals surface area (Å²) in [6, 6.07) is 7.65. The van der Waals surface area contributed by atoms with Crippen LogP contribution in [0.25, 0.3) is 10.2 Å². The largest absolute Gasteiger partial charge is 0.438 e. The number of thiophene rings is 1. The summed E-state index contributed by atoms with van der Waals surface area (Å²) in [7, 11) is 0. The first-order valence-corrected chi connectivity index (χ1v) is 9.26. The Morgan fingerprint density at radius 1 is 1.36 bits per heavy atom. The SMILES string of the molecule is CCNc1sc2c3c(c(=O)[nH]c2c1C#N)[C@H](c1ccncc1)C(C#N)=C(N)O3. The van der Waals surface area contributed by atoms with Crippen LogP contribution >= 0.6 is 11.3 Å². The standard InChI is InChI=1S/C19H14N6O2S/c1-2-24-19-11(8-21)14-16(28-19)15-13(18(26)25-14)12(9-3-5-23-6-4-9)10(7-20)17(22)27-15/h3-6,12,24H,2,22H2,1H3,(H,25,26)/t12-/m1/s1. The number of nitrogens with two attached hydrogens (primary N) is 1. The average molecular weight is 390 g/mol. The van der Waals surface area contributed by atoms with Gasteiger partial charge in [0.1, 0.15) is 28.3 Å². The smallest absolute Gasteiger partial charge is 0.256 e. The molecule has 8 nitrogen and oxygen atoms in total. The molecule has 9 heteroatoms. The number of allylic oxidation sites excluding steroid dienone is 1. The minimum atomic E-state index is -0.680. The Morgan fingerprint density at radius 2 is 2.11 bits per heavy atom. The van der Waals surface area contributed by atoms with Gasteiger partial charge in [-0.2, -0.15) is 10.5 Å². The number of nitrogens with one attached hydrogen (secondary N) is 2. The molecule has 0 unspecified atom stereocenters. The first-order valence-electron chi connectivity index (χ1n) is 8.44. The van der Waals surface area contributed by atoms with Gasteiger partial charge in [-0.25, -0.2) is 0 Å². The molecule has 0 aromatic carbocycles. The van der Waals surface area contributed by atoms with Crippen molar-refractivity contribution in [3.63, 3.8) is 0 Å². The lowest BCUT2D eigenvalue weighted by Crippen LogP contribution is -2.27. The molecule has 28 heavy (non-hydrogen) atoms. The molecular weight excluding hydrogens is 376 g/mol. The second-order valence-electron chi connectivity index (χ2n) is 6.05. The van der Waals surface area contributed by atoms with Crippen LogP contribution < -0.4 is 21.3 Å². The van der Waals surface area contributed by atoms with Crippen molar-refractivity contribution in [2.45, 2.75) is 12.8 Å². The molecule has 4 N–H and O–H groups in total. The van der Waals surface area contributed by atoms with E-state index in [1.807, 2.05) is 6.92 Å². The number of aromatic amines is 1. The van der Waals surface area contributed by atoms with E-state index in [0.29, 0.717) is 38.5 Å². The van der Waals surface area contributed by atoms with Gasteiger partial charge in [0.05, 0.1) is 21.7 Å². The van der Waals surface area contributed by atoms with Crippen molar-refractivity contribution in [1.29, 1.82) is 10.5 Å². The third-order valence-electron chi connectivity index (χ3n) is 4.51. The lowest BCUT2D eigenvalue weighted by atomic mass is 9.84. The van der Waals surface area contributed by atoms with E-state index in [2.05, 4.69) is 27.4 Å². The molecule has 0 fully saturated rings. The van der Waals surface area contributed by atoms with E-state index in [0.717, 1.165) is 0 Å². The maximum Gasteiger partial charge on any atom is 0.256 e. The molecule has 4 rings (SSSR count). The summed E-state index contributed by atoms with van der Waals surface area (Å²) < 4.78 is 6.34. The zero-order valence-electron chi connectivity index (χ0n) is 14.7. The Labute approximate surface area is 163 Å². The Balaban J connectivity index is 2.08. The highest BCUT2D eigenvalue weighted by Crippen LogP contribution is 2.47. The quantitative estimate of drug-likeness (QED) is 0.624. The monoisotopic (exact) mass is 390 g/mol. The summed E-state index contributed by atoms with van der Waals surface area (Å²) in [5.41, 5.74) is 7.51. The number of fused-ring (bicyclic) bond motifs is 3. The summed E-state index contributed by atoms with van der Waals surface area (Å²) in [6.07, 6.45) is 3.18. The number of rotatable bonds is 3. The highest BCUT2D eigenvalue weighted by molar-refractivity contribution is 7.23. The molecule has 0 saturated heterocycles. The third-order valence-corrected chi connectivity index (χ3v) is 5.65. The maximum absolute atomic E-state index is 13.0. The van der Waals surface area contributed by atoms with E-state index in [4.69, 9.17) is 10.5 Å². The number of nitrogens with zero attached hydrogens (tertiary/aromatic N) is 3. The number of nitriles is 2. The lowest BCUT2D eigenvalue weighted by Gasteiger charge is -2.25. The molecule has 4 heterocycles. The van der Waals surface area contributed by atoms with Gasteiger partial charge in [0, 0.05) is 18.9 Å². The normalized spacial score (nSPS) is 15.5. The van der Waals surface area contributed by atoms with Crippen LogP contribution in [0, 0.1) is 22.7 Å². The van der Waals surface area contributed by atoms with Gasteiger partial charge in [-0.15, -0.1) is 11.3 Å². The van der Waals surface area contributed by atoms with Crippen LogP contribution in [0.1, 0.15) is 29.5 Å². The average Bonchev–Trinajstić information content (AvgIpc) is 3.05. The van der Waals surface area contributed by atoms with E-state index in [1.54, 1.807) is 24.5 Å². The lowest BCUT2D eigenvalue weighted by molar-refractivity contribution is 0.397. The van der Waals surface area contributed by atoms with Crippen LogP contribution in [0.4, 0.5) is 5.00 Å². The Morgan fingerprint density at radius 3 is 2.75 bits per heavy atom. The van der Waals surface area contributed by atoms with Gasteiger partial charge >= 0.3 is 0 Å². The Bertz CT molecular complexity index is 1260. The summed E-state index contributed by atoms with van der Waals surface area (Å²) in [6.45, 7) is 2.54. The Hall–Kier alpha value is -3.82. The van der Waals surface area contributed by atoms with E-state index < -0.39 is 11.5 Å². The second-order valence-corrected chi connectivity index (χ2v) is 7.08. The highest BCUT2D eigenvalue weighted by atomic mass is 32.1. The summed E-state index contributed by atoms with van der Waals surface area (Å²) in [5, 5.41) is 23.0. The van der Waals surface area contributed by atoms with Gasteiger partial charge in [-0.1, -0.05) is 0 Å². The summed E-state index contributed by atoms with van der Waals surface area (Å²) in [4.78, 5) is 19.8. The molecule has 0 amide bonds. The number of hydrogen-bond donors (Lipinski definition) is 3. The van der Waals surface area contributed by atoms with E-state index >= 15 is 0 Å². The zero-order chi connectivity index (χ0) is 19.8. The molecule has 1 aliphatic rings. The van der Waals surface area contributed by atoms with Crippen LogP contribution in [0.15, 0.2) is 40.8 Å². The fourth-order valence-electron chi connectivity index (χ4n) is 3.33. The van der Waals surface area contributed by atoms with Gasteiger partial charge in [0.25, 0.3) is 5.56 Å². The molecule has 1 atom stereocenters. The molecule has 3 aromatic heterocycles. The van der Waals surface area contributed by atoms with E-state index in [-0.39, 0.29) is 17.2 Å². The predicted octanol–water partition coefficient (Wildman–Crippen LogP) is 2.51. The van der Waals surface area contributed by atoms with Crippen molar-refractivity contribution in [3.05, 3.63) is 63.0 Å². The molecule has 0 radical (unpaired) electrons. The maximum atomic E-state index is 13.0. The number of ether oxygens (including phenoxy) is 1. The van der Waals surface area contributed by atoms with Crippen LogP contribution in [0.3, 0.4) is 0 Å². The first kappa shape index (κ1) is 17.6. The third kappa shape index (κ3) is 2.49. The highest BCUT2D eigenvalue weighted by Gasteiger charge is 2.35. The van der Waals surface area contributed by atoms with Gasteiger partial charge in [0.15, 0.2) is 5.75 Å². The molecule has 0 aliphatic carbocycles. The van der Waals surface area contributed by atoms with Crippen LogP contribution in [0.5, 0.6) is 5.75 Å². The van der Waals surface area contributed by atoms with Crippen molar-refractivity contribution < 1.29 is 4.74 Å². The molecule has 0 saturated carbocycles. The molecule has 0 spiro atoms. The molecular formula is C19H14N6O2S. The van der Waals surface area contributed by atoms with Crippen LogP contribution in [0.2, 0.25) is 0 Å². The van der Waals surface area contributed by atoms with Crippen LogP contribution in [-0.4, -0.2) is 16.5 Å². The van der Waals surface area contributed by atoms with Gasteiger partial charge in [-0.05, 0) is 24.6 Å². The van der Waals surface area contributed by atoms with Crippen LogP contribution in [-0.2, 0) is 0 Å². The second kappa shape index (κ2) is 6.72. The number of aromatic nitrogens is 2. The van der Waals surface area contributed by atoms with Crippen molar-refractivity contribution in [2.24, 2.45) is 5.73 Å². The minimum absolute atomic E-state index is 0.0550. The van der Waals surface area contributed by atoms with Crippen molar-refractivity contribution in [3.8, 4) is 17.9 Å². The fourth-order valence-corrected chi connectivity index (χ4v) is 4.50. The molecule has 1 aliphatic heterocycles. The number of anilines is 1. The van der Waals surface area contributed by atoms with Crippen molar-refractivity contribution >= 4 is 26.6 Å². The fraction of sp³-hybridized carbons (Fsp3) is 0.158. The molecule has 3 aromatic rings. The number of pyridine rings is 2. The molecule has 0 bridgehead atoms. The predicted molar refractivity (Wildman–Crippen MR) is 105 cm³/mol. The summed E-state index contributed by atoms with van der Waals surface area (Å²) in [5.74, 6) is -0.455. The Kier molecular flexibility index (Phi) is 4.22. The first-order chi connectivity index (χ1) is 13.6. The topological polar surface area (TPSA) is 141 Å². The number of H-pyrrole nitrogens is 1. The van der Waals surface area contributed by atoms with Gasteiger partial charge < -0.3 is 20.8 Å². The van der Waals surface area contributed by atoms with Gasteiger partial charge in [-0.3, -0.25) is 9.78 Å². The number of hydrogen-bond acceptors (Lipinski definition) is 8. The van der Waals surface area contributed by atoms with Crippen molar-refractivity contribution in [2.75, 3.05) is 11.9 Å². The van der Waals surface area contributed by atoms with Gasteiger partial charge in [0.2, 0.25) is 5.88 Å². The van der Waals surface area contributed by atoms with E-state index in [9.17, 15) is 15.3 Å².